The lowest BCUT2D eigenvalue weighted by molar-refractivity contribution is -0.120. The Morgan fingerprint density at radius 2 is 1.93 bits per heavy atom. The minimum Gasteiger partial charge on any atom is -0.497 e. The summed E-state index contributed by atoms with van der Waals surface area (Å²) in [6, 6.07) is 11.6. The van der Waals surface area contributed by atoms with Gasteiger partial charge < -0.3 is 10.1 Å². The van der Waals surface area contributed by atoms with Gasteiger partial charge in [-0.15, -0.1) is 0 Å². The van der Waals surface area contributed by atoms with Crippen LogP contribution in [-0.2, 0) is 14.8 Å². The molecule has 1 saturated heterocycles. The van der Waals surface area contributed by atoms with Crippen molar-refractivity contribution in [3.05, 3.63) is 53.1 Å². The maximum Gasteiger partial charge on any atom is 0.243 e. The first kappa shape index (κ1) is 20.6. The van der Waals surface area contributed by atoms with Gasteiger partial charge in [0.15, 0.2) is 0 Å². The zero-order valence-corrected chi connectivity index (χ0v) is 17.4. The molecule has 1 heterocycles. The largest absolute Gasteiger partial charge is 0.497 e. The highest BCUT2D eigenvalue weighted by molar-refractivity contribution is 7.89. The van der Waals surface area contributed by atoms with E-state index in [0.717, 1.165) is 5.56 Å². The van der Waals surface area contributed by atoms with Crippen LogP contribution in [0.1, 0.15) is 18.4 Å². The minimum atomic E-state index is -3.66. The molecule has 2 aromatic carbocycles. The van der Waals surface area contributed by atoms with E-state index >= 15 is 0 Å². The molecule has 0 bridgehead atoms. The molecule has 1 aliphatic rings. The molecule has 6 nitrogen and oxygen atoms in total. The van der Waals surface area contributed by atoms with E-state index < -0.39 is 15.9 Å². The van der Waals surface area contributed by atoms with E-state index in [2.05, 4.69) is 5.32 Å². The second-order valence-corrected chi connectivity index (χ2v) is 9.18. The number of halogens is 1. The summed E-state index contributed by atoms with van der Waals surface area (Å²) in [7, 11) is -2.14. The Labute approximate surface area is 170 Å². The van der Waals surface area contributed by atoms with Crippen LogP contribution < -0.4 is 10.1 Å². The van der Waals surface area contributed by atoms with Gasteiger partial charge in [-0.2, -0.15) is 4.31 Å². The smallest absolute Gasteiger partial charge is 0.243 e. The summed E-state index contributed by atoms with van der Waals surface area (Å²) in [5.41, 5.74) is 1.53. The van der Waals surface area contributed by atoms with Crippen LogP contribution in [0.3, 0.4) is 0 Å². The van der Waals surface area contributed by atoms with Crippen LogP contribution in [0.15, 0.2) is 47.4 Å². The summed E-state index contributed by atoms with van der Waals surface area (Å²) < 4.78 is 32.3. The van der Waals surface area contributed by atoms with Crippen LogP contribution in [0.2, 0.25) is 5.02 Å². The zero-order valence-electron chi connectivity index (χ0n) is 15.8. The molecule has 0 aromatic heterocycles. The Morgan fingerprint density at radius 3 is 2.57 bits per heavy atom. The molecule has 1 atom stereocenters. The van der Waals surface area contributed by atoms with E-state index in [1.165, 1.54) is 23.5 Å². The number of sulfonamides is 1. The topological polar surface area (TPSA) is 75.7 Å². The van der Waals surface area contributed by atoms with Crippen LogP contribution in [0.5, 0.6) is 5.75 Å². The van der Waals surface area contributed by atoms with Gasteiger partial charge in [0, 0.05) is 23.8 Å². The fourth-order valence-electron chi connectivity index (χ4n) is 3.19. The number of carbonyl (C=O) groups is 1. The van der Waals surface area contributed by atoms with Crippen LogP contribution >= 0.6 is 11.6 Å². The van der Waals surface area contributed by atoms with Gasteiger partial charge in [0.25, 0.3) is 0 Å². The number of hydrogen-bond acceptors (Lipinski definition) is 4. The van der Waals surface area contributed by atoms with Gasteiger partial charge in [-0.25, -0.2) is 8.42 Å². The van der Waals surface area contributed by atoms with E-state index in [1.54, 1.807) is 24.3 Å². The van der Waals surface area contributed by atoms with Gasteiger partial charge in [-0.05, 0) is 61.7 Å². The average molecular weight is 423 g/mol. The summed E-state index contributed by atoms with van der Waals surface area (Å²) in [5, 5.41) is 3.42. The predicted octanol–water partition coefficient (Wildman–Crippen LogP) is 3.70. The van der Waals surface area contributed by atoms with Crippen molar-refractivity contribution < 1.29 is 17.9 Å². The number of nitrogens with one attached hydrogen (secondary N) is 1. The van der Waals surface area contributed by atoms with Gasteiger partial charge in [0.1, 0.15) is 5.75 Å². The summed E-state index contributed by atoms with van der Waals surface area (Å²) in [6.45, 7) is 2.44. The van der Waals surface area contributed by atoms with Crippen LogP contribution in [0.4, 0.5) is 5.69 Å². The monoisotopic (exact) mass is 422 g/mol. The first-order valence-corrected chi connectivity index (χ1v) is 10.8. The molecule has 1 N–H and O–H groups in total. The van der Waals surface area contributed by atoms with Gasteiger partial charge in [-0.1, -0.05) is 17.7 Å². The highest BCUT2D eigenvalue weighted by Gasteiger charge is 2.33. The Bertz CT molecular complexity index is 961. The van der Waals surface area contributed by atoms with Crippen molar-refractivity contribution in [3.8, 4) is 5.75 Å². The minimum absolute atomic E-state index is 0.153. The number of methoxy groups -OCH3 is 1. The molecule has 1 aliphatic heterocycles. The molecular weight excluding hydrogens is 400 g/mol. The standard InChI is InChI=1S/C20H23ClN2O4S/c1-14-5-6-16(12-19(14)21)22-20(24)15-4-3-11-23(13-15)28(25,26)18-9-7-17(27-2)8-10-18/h5-10,12,15H,3-4,11,13H2,1-2H3,(H,22,24). The number of anilines is 1. The van der Waals surface area contributed by atoms with Crippen LogP contribution in [0.25, 0.3) is 0 Å². The summed E-state index contributed by atoms with van der Waals surface area (Å²) in [5.74, 6) is -0.0250. The van der Waals surface area contributed by atoms with Crippen molar-refractivity contribution in [3.63, 3.8) is 0 Å². The van der Waals surface area contributed by atoms with Crippen molar-refractivity contribution in [2.75, 3.05) is 25.5 Å². The van der Waals surface area contributed by atoms with E-state index in [1.807, 2.05) is 13.0 Å². The molecular formula is C20H23ClN2O4S. The van der Waals surface area contributed by atoms with Crippen molar-refractivity contribution in [2.24, 2.45) is 5.92 Å². The van der Waals surface area contributed by atoms with Crippen molar-refractivity contribution >= 4 is 33.2 Å². The number of amides is 1. The van der Waals surface area contributed by atoms with E-state index in [4.69, 9.17) is 16.3 Å². The lowest BCUT2D eigenvalue weighted by atomic mass is 9.98. The Morgan fingerprint density at radius 1 is 1.21 bits per heavy atom. The normalized spacial score (nSPS) is 17.9. The van der Waals surface area contributed by atoms with Gasteiger partial charge >= 0.3 is 0 Å². The fourth-order valence-corrected chi connectivity index (χ4v) is 4.89. The Kier molecular flexibility index (Phi) is 6.27. The van der Waals surface area contributed by atoms with Crippen molar-refractivity contribution in [1.29, 1.82) is 0 Å². The molecule has 1 amide bonds. The predicted molar refractivity (Wildman–Crippen MR) is 109 cm³/mol. The van der Waals surface area contributed by atoms with E-state index in [9.17, 15) is 13.2 Å². The third-order valence-corrected chi connectivity index (χ3v) is 7.18. The maximum absolute atomic E-state index is 12.9. The average Bonchev–Trinajstić information content (AvgIpc) is 2.71. The van der Waals surface area contributed by atoms with Crippen LogP contribution in [0, 0.1) is 12.8 Å². The second-order valence-electron chi connectivity index (χ2n) is 6.83. The summed E-state index contributed by atoms with van der Waals surface area (Å²) in [6.07, 6.45) is 1.27. The molecule has 0 saturated carbocycles. The lowest BCUT2D eigenvalue weighted by Gasteiger charge is -2.31. The number of nitrogens with zero attached hydrogens (tertiary/aromatic N) is 1. The summed E-state index contributed by atoms with van der Waals surface area (Å²) >= 11 is 6.11. The number of carbonyl (C=O) groups excluding carboxylic acids is 1. The molecule has 150 valence electrons. The van der Waals surface area contributed by atoms with E-state index in [-0.39, 0.29) is 17.3 Å². The molecule has 0 radical (unpaired) electrons. The van der Waals surface area contributed by atoms with Gasteiger partial charge in [0.2, 0.25) is 15.9 Å². The number of benzene rings is 2. The SMILES string of the molecule is COc1ccc(S(=O)(=O)N2CCCC(C(=O)Nc3ccc(C)c(Cl)c3)C2)cc1. The molecule has 0 spiro atoms. The summed E-state index contributed by atoms with van der Waals surface area (Å²) in [4.78, 5) is 12.9. The third-order valence-electron chi connectivity index (χ3n) is 4.89. The fraction of sp³-hybridized carbons (Fsp3) is 0.350. The Hall–Kier alpha value is -2.09. The highest BCUT2D eigenvalue weighted by atomic mass is 35.5. The van der Waals surface area contributed by atoms with Crippen molar-refractivity contribution in [2.45, 2.75) is 24.7 Å². The number of piperidine rings is 1. The maximum atomic E-state index is 12.9. The van der Waals surface area contributed by atoms with Crippen molar-refractivity contribution in [1.82, 2.24) is 4.31 Å². The first-order chi connectivity index (χ1) is 13.3. The van der Waals surface area contributed by atoms with Gasteiger partial charge in [0.05, 0.1) is 17.9 Å². The number of hydrogen-bond donors (Lipinski definition) is 1. The van der Waals surface area contributed by atoms with Gasteiger partial charge in [-0.3, -0.25) is 4.79 Å². The Balaban J connectivity index is 1.71. The third kappa shape index (κ3) is 4.48. The molecule has 28 heavy (non-hydrogen) atoms. The molecule has 3 rings (SSSR count). The van der Waals surface area contributed by atoms with E-state index in [0.29, 0.717) is 35.8 Å². The molecule has 2 aromatic rings. The quantitative estimate of drug-likeness (QED) is 0.797. The first-order valence-electron chi connectivity index (χ1n) is 9.02. The highest BCUT2D eigenvalue weighted by Crippen LogP contribution is 2.26. The second kappa shape index (κ2) is 8.51. The number of rotatable bonds is 5. The molecule has 1 unspecified atom stereocenters. The van der Waals surface area contributed by atoms with Crippen LogP contribution in [-0.4, -0.2) is 38.8 Å². The molecule has 0 aliphatic carbocycles. The molecule has 1 fully saturated rings. The zero-order chi connectivity index (χ0) is 20.3. The lowest BCUT2D eigenvalue weighted by Crippen LogP contribution is -2.43. The number of ether oxygens (including phenoxy) is 1. The molecule has 8 heteroatoms. The number of aryl methyl sites for hydroxylation is 1.